The summed E-state index contributed by atoms with van der Waals surface area (Å²) in [7, 11) is 1.56. The Balaban J connectivity index is 0.00000210. The van der Waals surface area contributed by atoms with Crippen LogP contribution in [0.15, 0.2) is 54.7 Å². The van der Waals surface area contributed by atoms with E-state index < -0.39 is 18.0 Å². The van der Waals surface area contributed by atoms with Crippen LogP contribution in [0.3, 0.4) is 0 Å². The number of aromatic nitrogens is 1. The first-order chi connectivity index (χ1) is 12.9. The van der Waals surface area contributed by atoms with E-state index in [2.05, 4.69) is 4.98 Å². The largest absolute Gasteiger partial charge is 0.497 e. The van der Waals surface area contributed by atoms with Crippen molar-refractivity contribution in [2.75, 3.05) is 7.11 Å². The number of aliphatic hydroxyl groups excluding tert-OH is 1. The number of hydrogen-bond donors (Lipinski definition) is 2. The van der Waals surface area contributed by atoms with Crippen LogP contribution in [0.25, 0.3) is 11.1 Å². The molecule has 3 rings (SSSR count). The average Bonchev–Trinajstić information content (AvgIpc) is 2.69. The first-order valence-corrected chi connectivity index (χ1v) is 8.84. The Bertz CT molecular complexity index is 975. The van der Waals surface area contributed by atoms with Crippen molar-refractivity contribution < 1.29 is 14.2 Å². The highest BCUT2D eigenvalue weighted by atomic mass is 35.5. The Morgan fingerprint density at radius 2 is 1.76 bits per heavy atom. The molecule has 0 saturated heterocycles. The van der Waals surface area contributed by atoms with Gasteiger partial charge in [-0.15, -0.1) is 24.8 Å². The summed E-state index contributed by atoms with van der Waals surface area (Å²) in [6.07, 6.45) is 0.138. The van der Waals surface area contributed by atoms with E-state index in [1.54, 1.807) is 43.5 Å². The van der Waals surface area contributed by atoms with Crippen LogP contribution in [0.2, 0.25) is 10.0 Å². The second-order valence-corrected chi connectivity index (χ2v) is 6.78. The number of aliphatic hydroxyl groups is 1. The smallest absolute Gasteiger partial charge is 0.148 e. The standard InChI is InChI=1S/C20H17Cl2FN2O2.2ClH/c1-27-14-4-2-3-11(7-14)13-9-17(23)19(25-10-13)20(26)18(24)12-5-6-15(21)16(22)8-12;;/h2-10,18,20,26H,24H2,1H3;2*1H/t18-,20+;;/m0../s1. The fourth-order valence-corrected chi connectivity index (χ4v) is 3.01. The number of nitrogens with zero attached hydrogens (tertiary/aromatic N) is 1. The second kappa shape index (κ2) is 11.0. The lowest BCUT2D eigenvalue weighted by atomic mass is 9.98. The predicted molar refractivity (Wildman–Crippen MR) is 119 cm³/mol. The average molecular weight is 480 g/mol. The molecule has 0 radical (unpaired) electrons. The number of hydrogen-bond acceptors (Lipinski definition) is 4. The molecule has 1 aromatic heterocycles. The van der Waals surface area contributed by atoms with Gasteiger partial charge in [-0.1, -0.05) is 41.4 Å². The molecule has 4 nitrogen and oxygen atoms in total. The molecule has 0 aliphatic heterocycles. The van der Waals surface area contributed by atoms with Crippen LogP contribution in [0.5, 0.6) is 5.75 Å². The van der Waals surface area contributed by atoms with Gasteiger partial charge >= 0.3 is 0 Å². The molecule has 3 aromatic rings. The molecule has 0 unspecified atom stereocenters. The van der Waals surface area contributed by atoms with Crippen LogP contribution in [-0.4, -0.2) is 17.2 Å². The zero-order valence-corrected chi connectivity index (χ0v) is 18.3. The van der Waals surface area contributed by atoms with Gasteiger partial charge in [-0.05, 0) is 41.5 Å². The molecule has 2 aromatic carbocycles. The minimum atomic E-state index is -1.35. The molecule has 0 aliphatic carbocycles. The number of nitrogens with two attached hydrogens (primary N) is 1. The zero-order chi connectivity index (χ0) is 19.6. The Kier molecular flexibility index (Phi) is 9.62. The summed E-state index contributed by atoms with van der Waals surface area (Å²) in [5.74, 6) is -0.00279. The van der Waals surface area contributed by atoms with E-state index in [4.69, 9.17) is 33.7 Å². The van der Waals surface area contributed by atoms with Gasteiger partial charge in [0.15, 0.2) is 0 Å². The van der Waals surface area contributed by atoms with E-state index in [0.717, 1.165) is 5.56 Å². The lowest BCUT2D eigenvalue weighted by Crippen LogP contribution is -2.21. The van der Waals surface area contributed by atoms with E-state index in [-0.39, 0.29) is 30.5 Å². The molecule has 0 bridgehead atoms. The van der Waals surface area contributed by atoms with Gasteiger partial charge in [-0.25, -0.2) is 4.39 Å². The first kappa shape index (κ1) is 25.4. The third-order valence-corrected chi connectivity index (χ3v) is 4.96. The normalized spacial score (nSPS) is 12.3. The predicted octanol–water partition coefficient (Wildman–Crippen LogP) is 5.78. The summed E-state index contributed by atoms with van der Waals surface area (Å²) in [5.41, 5.74) is 7.76. The minimum Gasteiger partial charge on any atom is -0.497 e. The van der Waals surface area contributed by atoms with Gasteiger partial charge in [0.2, 0.25) is 0 Å². The molecule has 29 heavy (non-hydrogen) atoms. The second-order valence-electron chi connectivity index (χ2n) is 5.97. The van der Waals surface area contributed by atoms with Gasteiger partial charge < -0.3 is 15.6 Å². The summed E-state index contributed by atoms with van der Waals surface area (Å²) in [6.45, 7) is 0. The van der Waals surface area contributed by atoms with Crippen LogP contribution in [0, 0.1) is 5.82 Å². The molecule has 9 heteroatoms. The van der Waals surface area contributed by atoms with Crippen molar-refractivity contribution in [3.8, 4) is 16.9 Å². The van der Waals surface area contributed by atoms with Crippen molar-refractivity contribution in [2.45, 2.75) is 12.1 Å². The fraction of sp³-hybridized carbons (Fsp3) is 0.150. The maximum Gasteiger partial charge on any atom is 0.148 e. The Morgan fingerprint density at radius 1 is 1.03 bits per heavy atom. The Morgan fingerprint density at radius 3 is 2.38 bits per heavy atom. The third kappa shape index (κ3) is 5.72. The monoisotopic (exact) mass is 478 g/mol. The SMILES string of the molecule is COc1cccc(-c2cnc([C@H](O)[C@@H](N)c3ccc(Cl)c(Cl)c3)c(F)c2)c1.Cl.Cl. The van der Waals surface area contributed by atoms with Crippen molar-refractivity contribution in [3.63, 3.8) is 0 Å². The lowest BCUT2D eigenvalue weighted by Gasteiger charge is -2.20. The van der Waals surface area contributed by atoms with Crippen LogP contribution in [-0.2, 0) is 0 Å². The highest BCUT2D eigenvalue weighted by Crippen LogP contribution is 2.32. The van der Waals surface area contributed by atoms with Crippen LogP contribution in [0.1, 0.15) is 23.4 Å². The van der Waals surface area contributed by atoms with Crippen molar-refractivity contribution in [3.05, 3.63) is 81.8 Å². The number of rotatable bonds is 5. The molecular weight excluding hydrogens is 461 g/mol. The quantitative estimate of drug-likeness (QED) is 0.486. The van der Waals surface area contributed by atoms with Gasteiger partial charge in [-0.2, -0.15) is 0 Å². The van der Waals surface area contributed by atoms with E-state index in [0.29, 0.717) is 26.9 Å². The van der Waals surface area contributed by atoms with E-state index in [1.807, 2.05) is 6.07 Å². The number of ether oxygens (including phenoxy) is 1. The van der Waals surface area contributed by atoms with Crippen molar-refractivity contribution in [1.29, 1.82) is 0 Å². The molecule has 3 N–H and O–H groups in total. The number of benzene rings is 2. The molecule has 0 amide bonds. The summed E-state index contributed by atoms with van der Waals surface area (Å²) < 4.78 is 19.8. The molecular formula is C20H19Cl4FN2O2. The topological polar surface area (TPSA) is 68.4 Å². The van der Waals surface area contributed by atoms with Gasteiger partial charge in [0.05, 0.1) is 23.2 Å². The van der Waals surface area contributed by atoms with Crippen LogP contribution in [0.4, 0.5) is 4.39 Å². The summed E-state index contributed by atoms with van der Waals surface area (Å²) in [5, 5.41) is 11.2. The van der Waals surface area contributed by atoms with E-state index in [9.17, 15) is 9.50 Å². The number of methoxy groups -OCH3 is 1. The van der Waals surface area contributed by atoms with Crippen molar-refractivity contribution in [1.82, 2.24) is 4.98 Å². The highest BCUT2D eigenvalue weighted by molar-refractivity contribution is 6.42. The van der Waals surface area contributed by atoms with Crippen LogP contribution >= 0.6 is 48.0 Å². The number of halogens is 5. The summed E-state index contributed by atoms with van der Waals surface area (Å²) in [4.78, 5) is 4.09. The zero-order valence-electron chi connectivity index (χ0n) is 15.2. The van der Waals surface area contributed by atoms with Gasteiger partial charge in [0.1, 0.15) is 23.4 Å². The first-order valence-electron chi connectivity index (χ1n) is 8.09. The molecule has 156 valence electrons. The maximum atomic E-state index is 14.6. The molecule has 0 fully saturated rings. The van der Waals surface area contributed by atoms with Crippen molar-refractivity contribution in [2.24, 2.45) is 5.73 Å². The van der Waals surface area contributed by atoms with Gasteiger partial charge in [0, 0.05) is 11.8 Å². The highest BCUT2D eigenvalue weighted by Gasteiger charge is 2.24. The fourth-order valence-electron chi connectivity index (χ4n) is 2.70. The molecule has 0 spiro atoms. The van der Waals surface area contributed by atoms with E-state index in [1.165, 1.54) is 12.3 Å². The molecule has 2 atom stereocenters. The summed E-state index contributed by atoms with van der Waals surface area (Å²) in [6, 6.07) is 12.3. The van der Waals surface area contributed by atoms with Crippen molar-refractivity contribution >= 4 is 48.0 Å². The van der Waals surface area contributed by atoms with Crippen LogP contribution < -0.4 is 10.5 Å². The molecule has 1 heterocycles. The third-order valence-electron chi connectivity index (χ3n) is 4.22. The van der Waals surface area contributed by atoms with Gasteiger partial charge in [-0.3, -0.25) is 4.98 Å². The Hall–Kier alpha value is -1.60. The maximum absolute atomic E-state index is 14.6. The molecule has 0 saturated carbocycles. The lowest BCUT2D eigenvalue weighted by molar-refractivity contribution is 0.137. The van der Waals surface area contributed by atoms with E-state index >= 15 is 0 Å². The van der Waals surface area contributed by atoms with Gasteiger partial charge in [0.25, 0.3) is 0 Å². The number of pyridine rings is 1. The summed E-state index contributed by atoms with van der Waals surface area (Å²) >= 11 is 11.9. The Labute approximate surface area is 190 Å². The minimum absolute atomic E-state index is 0. The molecule has 0 aliphatic rings.